The number of fused-ring (bicyclic) bond motifs is 2. The van der Waals surface area contributed by atoms with Crippen LogP contribution in [0.15, 0.2) is 59.9 Å². The number of piperidine rings is 1. The SMILES string of the molecule is C[C@]1(c2ccc(Cl)cn2)Oc2cccc(N3CCC4(CC3)C[C@H]4c3nc4ccc(/C(N)=N/O)cc4n3C[C@H]3CCO3)c2O1. The molecule has 43 heavy (non-hydrogen) atoms. The molecular weight excluding hydrogens is 568 g/mol. The van der Waals surface area contributed by atoms with Crippen LogP contribution in [0.25, 0.3) is 11.0 Å². The predicted octanol–water partition coefficient (Wildman–Crippen LogP) is 5.39. The average molecular weight is 601 g/mol. The highest BCUT2D eigenvalue weighted by atomic mass is 35.5. The van der Waals surface area contributed by atoms with Gasteiger partial charge < -0.3 is 34.6 Å². The Bertz CT molecular complexity index is 1740. The van der Waals surface area contributed by atoms with Crippen molar-refractivity contribution < 1.29 is 19.4 Å². The standard InChI is InChI=1S/C32H33ClN6O4/c1-31(27-8-6-20(33)17-35-27)42-26-4-2-3-24(28(26)43-31)38-12-10-32(11-13-38)16-22(32)30-36-23-7-5-19(29(34)37-40)15-25(23)39(30)18-21-9-14-41-21/h2-8,15,17,21-22,40H,9-14,16,18H2,1H3,(H2,34,37)/t21-,22+,31+/m1/s1. The van der Waals surface area contributed by atoms with Gasteiger partial charge in [0.25, 0.3) is 5.79 Å². The summed E-state index contributed by atoms with van der Waals surface area (Å²) in [6.45, 7) is 5.30. The molecule has 5 heterocycles. The van der Waals surface area contributed by atoms with E-state index in [1.165, 1.54) is 0 Å². The molecule has 10 nitrogen and oxygen atoms in total. The number of hydrogen-bond donors (Lipinski definition) is 2. The first kappa shape index (κ1) is 26.6. The summed E-state index contributed by atoms with van der Waals surface area (Å²) < 4.78 is 20.9. The summed E-state index contributed by atoms with van der Waals surface area (Å²) >= 11 is 6.06. The topological polar surface area (TPSA) is 120 Å². The van der Waals surface area contributed by atoms with Crippen LogP contribution in [0.4, 0.5) is 5.69 Å². The number of aromatic nitrogens is 3. The second kappa shape index (κ2) is 9.75. The third-order valence-electron chi connectivity index (χ3n) is 9.71. The molecule has 2 aromatic carbocycles. The van der Waals surface area contributed by atoms with Crippen molar-refractivity contribution in [1.82, 2.24) is 14.5 Å². The van der Waals surface area contributed by atoms with Crippen LogP contribution in [-0.2, 0) is 17.1 Å². The Labute approximate surface area is 254 Å². The molecule has 4 aromatic rings. The smallest absolute Gasteiger partial charge is 0.292 e. The van der Waals surface area contributed by atoms with Crippen LogP contribution >= 0.6 is 11.6 Å². The van der Waals surface area contributed by atoms with Crippen LogP contribution in [0, 0.1) is 5.41 Å². The zero-order valence-corrected chi connectivity index (χ0v) is 24.6. The maximum Gasteiger partial charge on any atom is 0.292 e. The van der Waals surface area contributed by atoms with Crippen LogP contribution in [0.5, 0.6) is 11.5 Å². The van der Waals surface area contributed by atoms with Gasteiger partial charge in [-0.1, -0.05) is 22.8 Å². The molecule has 2 aromatic heterocycles. The number of imidazole rings is 1. The van der Waals surface area contributed by atoms with E-state index in [1.54, 1.807) is 12.3 Å². The molecule has 11 heteroatoms. The van der Waals surface area contributed by atoms with Crippen molar-refractivity contribution in [3.05, 3.63) is 76.8 Å². The molecule has 4 aliphatic rings. The van der Waals surface area contributed by atoms with Gasteiger partial charge >= 0.3 is 0 Å². The molecule has 0 amide bonds. The molecule has 3 N–H and O–H groups in total. The molecule has 3 atom stereocenters. The number of ether oxygens (including phenoxy) is 3. The largest absolute Gasteiger partial charge is 0.443 e. The summed E-state index contributed by atoms with van der Waals surface area (Å²) in [5.74, 6) is 2.07. The van der Waals surface area contributed by atoms with Crippen LogP contribution in [-0.4, -0.2) is 51.4 Å². The Balaban J connectivity index is 1.03. The van der Waals surface area contributed by atoms with Gasteiger partial charge in [0.15, 0.2) is 17.3 Å². The zero-order valence-electron chi connectivity index (χ0n) is 23.9. The number of pyridine rings is 1. The van der Waals surface area contributed by atoms with E-state index in [2.05, 4.69) is 25.7 Å². The number of para-hydroxylation sites is 1. The zero-order chi connectivity index (χ0) is 29.3. The molecule has 222 valence electrons. The van der Waals surface area contributed by atoms with Gasteiger partial charge in [0.1, 0.15) is 11.5 Å². The first-order valence-electron chi connectivity index (χ1n) is 14.8. The van der Waals surface area contributed by atoms with Crippen LogP contribution in [0.1, 0.15) is 55.6 Å². The van der Waals surface area contributed by atoms with Crippen molar-refractivity contribution in [3.8, 4) is 11.5 Å². The van der Waals surface area contributed by atoms with E-state index in [0.717, 1.165) is 86.0 Å². The lowest BCUT2D eigenvalue weighted by molar-refractivity contribution is -0.0716. The van der Waals surface area contributed by atoms with Crippen molar-refractivity contribution in [2.24, 2.45) is 16.3 Å². The molecule has 1 saturated carbocycles. The first-order valence-corrected chi connectivity index (χ1v) is 15.2. The van der Waals surface area contributed by atoms with Gasteiger partial charge in [-0.3, -0.25) is 4.98 Å². The first-order chi connectivity index (χ1) is 20.9. The lowest BCUT2D eigenvalue weighted by Gasteiger charge is -2.35. The van der Waals surface area contributed by atoms with Crippen molar-refractivity contribution in [3.63, 3.8) is 0 Å². The van der Waals surface area contributed by atoms with E-state index < -0.39 is 5.79 Å². The Hall–Kier alpha value is -4.02. The number of rotatable bonds is 6. The number of hydrogen-bond acceptors (Lipinski definition) is 8. The van der Waals surface area contributed by atoms with Gasteiger partial charge in [-0.15, -0.1) is 0 Å². The highest BCUT2D eigenvalue weighted by Gasteiger charge is 2.58. The summed E-state index contributed by atoms with van der Waals surface area (Å²) in [5, 5.41) is 13.0. The van der Waals surface area contributed by atoms with Gasteiger partial charge in [-0.25, -0.2) is 4.98 Å². The fraction of sp³-hybridized carbons (Fsp3) is 0.406. The number of nitrogens with zero attached hydrogens (tertiary/aromatic N) is 5. The number of benzene rings is 2. The summed E-state index contributed by atoms with van der Waals surface area (Å²) in [4.78, 5) is 12.0. The summed E-state index contributed by atoms with van der Waals surface area (Å²) in [6.07, 6.45) is 6.10. The third-order valence-corrected chi connectivity index (χ3v) is 9.94. The lowest BCUT2D eigenvalue weighted by atomic mass is 9.90. The van der Waals surface area contributed by atoms with Gasteiger partial charge in [-0.2, -0.15) is 0 Å². The van der Waals surface area contributed by atoms with Gasteiger partial charge in [0.05, 0.1) is 34.4 Å². The fourth-order valence-electron chi connectivity index (χ4n) is 7.02. The number of amidine groups is 1. The van der Waals surface area contributed by atoms with Crippen molar-refractivity contribution in [2.45, 2.75) is 57.0 Å². The van der Waals surface area contributed by atoms with Crippen molar-refractivity contribution in [1.29, 1.82) is 0 Å². The number of oxime groups is 1. The maximum absolute atomic E-state index is 9.23. The molecule has 0 radical (unpaired) electrons. The van der Waals surface area contributed by atoms with Crippen LogP contribution in [0.2, 0.25) is 5.02 Å². The molecule has 3 fully saturated rings. The van der Waals surface area contributed by atoms with E-state index >= 15 is 0 Å². The Kier molecular flexibility index (Phi) is 6.03. The quantitative estimate of drug-likeness (QED) is 0.131. The highest BCUT2D eigenvalue weighted by molar-refractivity contribution is 6.30. The molecule has 0 bridgehead atoms. The van der Waals surface area contributed by atoms with E-state index in [1.807, 2.05) is 43.3 Å². The summed E-state index contributed by atoms with van der Waals surface area (Å²) in [7, 11) is 0. The van der Waals surface area contributed by atoms with Gasteiger partial charge in [0, 0.05) is 44.3 Å². The minimum absolute atomic E-state index is 0.0953. The Morgan fingerprint density at radius 2 is 2.00 bits per heavy atom. The van der Waals surface area contributed by atoms with E-state index in [0.29, 0.717) is 22.2 Å². The minimum Gasteiger partial charge on any atom is -0.443 e. The van der Waals surface area contributed by atoms with Crippen molar-refractivity contribution >= 4 is 34.2 Å². The highest BCUT2D eigenvalue weighted by Crippen LogP contribution is 2.65. The number of halogens is 1. The predicted molar refractivity (Wildman–Crippen MR) is 162 cm³/mol. The molecule has 1 aliphatic carbocycles. The molecular formula is C32H33ClN6O4. The van der Waals surface area contributed by atoms with E-state index in [9.17, 15) is 5.21 Å². The van der Waals surface area contributed by atoms with Crippen LogP contribution in [0.3, 0.4) is 0 Å². The maximum atomic E-state index is 9.23. The van der Waals surface area contributed by atoms with E-state index in [4.69, 9.17) is 36.5 Å². The molecule has 1 spiro atoms. The Morgan fingerprint density at radius 3 is 2.72 bits per heavy atom. The number of anilines is 1. The number of nitrogens with two attached hydrogens (primary N) is 1. The summed E-state index contributed by atoms with van der Waals surface area (Å²) in [6, 6.07) is 15.5. The molecule has 0 unspecified atom stereocenters. The third kappa shape index (κ3) is 4.38. The average Bonchev–Trinajstić information content (AvgIpc) is 3.37. The Morgan fingerprint density at radius 1 is 1.16 bits per heavy atom. The second-order valence-electron chi connectivity index (χ2n) is 12.3. The minimum atomic E-state index is -1.02. The molecule has 8 rings (SSSR count). The normalized spacial score (nSPS) is 25.7. The second-order valence-corrected chi connectivity index (χ2v) is 12.7. The monoisotopic (exact) mass is 600 g/mol. The summed E-state index contributed by atoms with van der Waals surface area (Å²) in [5.41, 5.74) is 10.5. The lowest BCUT2D eigenvalue weighted by Crippen LogP contribution is -2.36. The van der Waals surface area contributed by atoms with Crippen molar-refractivity contribution in [2.75, 3.05) is 24.6 Å². The molecule has 3 aliphatic heterocycles. The van der Waals surface area contributed by atoms with Gasteiger partial charge in [0.2, 0.25) is 0 Å². The van der Waals surface area contributed by atoms with Crippen LogP contribution < -0.4 is 20.1 Å². The fourth-order valence-corrected chi connectivity index (χ4v) is 7.13. The van der Waals surface area contributed by atoms with E-state index in [-0.39, 0.29) is 17.4 Å². The molecule has 2 saturated heterocycles. The van der Waals surface area contributed by atoms with Gasteiger partial charge in [-0.05, 0) is 73.6 Å².